The second kappa shape index (κ2) is 5.38. The molecule has 1 N–H and O–H groups in total. The van der Waals surface area contributed by atoms with Gasteiger partial charge in [0.1, 0.15) is 6.33 Å². The number of nitrogens with zero attached hydrogens (tertiary/aromatic N) is 2. The first-order chi connectivity index (χ1) is 8.24. The predicted octanol–water partition coefficient (Wildman–Crippen LogP) is 2.86. The molecule has 88 valence electrons. The average molecular weight is 292 g/mol. The molecule has 1 unspecified atom stereocenters. The molecule has 0 aliphatic carbocycles. The second-order valence-electron chi connectivity index (χ2n) is 3.85. The number of rotatable bonds is 3. The van der Waals surface area contributed by atoms with Gasteiger partial charge >= 0.3 is 0 Å². The maximum atomic E-state index is 4.07. The van der Waals surface area contributed by atoms with Crippen molar-refractivity contribution in [1.29, 1.82) is 0 Å². The van der Waals surface area contributed by atoms with Crippen molar-refractivity contribution in [3.05, 3.63) is 58.1 Å². The predicted molar refractivity (Wildman–Crippen MR) is 71.8 cm³/mol. The lowest BCUT2D eigenvalue weighted by molar-refractivity contribution is 0.680. The van der Waals surface area contributed by atoms with Gasteiger partial charge in [-0.15, -0.1) is 0 Å². The Kier molecular flexibility index (Phi) is 3.86. The van der Waals surface area contributed by atoms with Crippen LogP contribution in [0.15, 0.2) is 41.4 Å². The van der Waals surface area contributed by atoms with Crippen LogP contribution in [-0.2, 0) is 0 Å². The van der Waals surface area contributed by atoms with Crippen molar-refractivity contribution in [3.63, 3.8) is 0 Å². The lowest BCUT2D eigenvalue weighted by Crippen LogP contribution is -2.19. The minimum Gasteiger partial charge on any atom is -0.309 e. The number of hydrogen-bond donors (Lipinski definition) is 1. The van der Waals surface area contributed by atoms with Gasteiger partial charge in [-0.2, -0.15) is 0 Å². The molecular formula is C13H14BrN3. The van der Waals surface area contributed by atoms with Crippen LogP contribution in [0.3, 0.4) is 0 Å². The normalized spacial score (nSPS) is 12.4. The summed E-state index contributed by atoms with van der Waals surface area (Å²) in [7, 11) is 1.94. The van der Waals surface area contributed by atoms with E-state index in [4.69, 9.17) is 0 Å². The minimum absolute atomic E-state index is 0.119. The van der Waals surface area contributed by atoms with Gasteiger partial charge in [0.2, 0.25) is 0 Å². The zero-order valence-electron chi connectivity index (χ0n) is 9.81. The molecule has 2 rings (SSSR count). The van der Waals surface area contributed by atoms with E-state index in [1.54, 1.807) is 6.33 Å². The Morgan fingerprint density at radius 1 is 1.24 bits per heavy atom. The van der Waals surface area contributed by atoms with E-state index in [1.807, 2.05) is 31.6 Å². The summed E-state index contributed by atoms with van der Waals surface area (Å²) in [4.78, 5) is 8.14. The van der Waals surface area contributed by atoms with E-state index in [0.29, 0.717) is 0 Å². The Labute approximate surface area is 109 Å². The molecule has 0 aliphatic rings. The summed E-state index contributed by atoms with van der Waals surface area (Å²) < 4.78 is 1.12. The molecule has 1 aromatic heterocycles. The third kappa shape index (κ3) is 2.53. The summed E-state index contributed by atoms with van der Waals surface area (Å²) >= 11 is 3.56. The molecule has 0 bridgehead atoms. The third-order valence-corrected chi connectivity index (χ3v) is 3.68. The van der Waals surface area contributed by atoms with Gasteiger partial charge in [0.15, 0.2) is 0 Å². The van der Waals surface area contributed by atoms with Gasteiger partial charge in [0, 0.05) is 22.4 Å². The topological polar surface area (TPSA) is 37.8 Å². The molecular weight excluding hydrogens is 278 g/mol. The van der Waals surface area contributed by atoms with E-state index in [1.165, 1.54) is 11.1 Å². The molecule has 0 fully saturated rings. The van der Waals surface area contributed by atoms with Crippen LogP contribution >= 0.6 is 15.9 Å². The fourth-order valence-corrected chi connectivity index (χ4v) is 2.28. The minimum atomic E-state index is 0.119. The highest BCUT2D eigenvalue weighted by Gasteiger charge is 2.15. The quantitative estimate of drug-likeness (QED) is 0.945. The molecule has 1 atom stereocenters. The molecule has 0 radical (unpaired) electrons. The Balaban J connectivity index is 2.46. The first-order valence-corrected chi connectivity index (χ1v) is 6.20. The smallest absolute Gasteiger partial charge is 0.115 e. The zero-order valence-corrected chi connectivity index (χ0v) is 11.4. The maximum absolute atomic E-state index is 4.07. The Morgan fingerprint density at radius 2 is 1.94 bits per heavy atom. The molecule has 0 aliphatic heterocycles. The number of aromatic nitrogens is 2. The molecule has 0 saturated carbocycles. The molecule has 0 saturated heterocycles. The molecule has 2 aromatic rings. The first kappa shape index (κ1) is 12.2. The van der Waals surface area contributed by atoms with Gasteiger partial charge < -0.3 is 5.32 Å². The number of benzene rings is 1. The van der Waals surface area contributed by atoms with Crippen molar-refractivity contribution in [2.24, 2.45) is 0 Å². The Bertz CT molecular complexity index is 499. The van der Waals surface area contributed by atoms with Crippen LogP contribution in [-0.4, -0.2) is 17.0 Å². The van der Waals surface area contributed by atoms with Gasteiger partial charge in [-0.25, -0.2) is 9.97 Å². The van der Waals surface area contributed by atoms with Gasteiger partial charge in [-0.3, -0.25) is 0 Å². The van der Waals surface area contributed by atoms with E-state index in [0.717, 1.165) is 10.0 Å². The lowest BCUT2D eigenvalue weighted by Gasteiger charge is -2.19. The second-order valence-corrected chi connectivity index (χ2v) is 4.70. The molecule has 0 spiro atoms. The van der Waals surface area contributed by atoms with Crippen molar-refractivity contribution in [2.75, 3.05) is 7.05 Å². The first-order valence-electron chi connectivity index (χ1n) is 5.41. The van der Waals surface area contributed by atoms with E-state index < -0.39 is 0 Å². The Morgan fingerprint density at radius 3 is 2.59 bits per heavy atom. The standard InChI is InChI=1S/C13H14BrN3/c1-9-11(4-3-5-12(9)14)13(15-2)10-6-16-8-17-7-10/h3-8,13,15H,1-2H3. The molecule has 0 amide bonds. The molecule has 1 heterocycles. The van der Waals surface area contributed by atoms with E-state index in [9.17, 15) is 0 Å². The van der Waals surface area contributed by atoms with Crippen LogP contribution in [0.5, 0.6) is 0 Å². The van der Waals surface area contributed by atoms with E-state index >= 15 is 0 Å². The van der Waals surface area contributed by atoms with Crippen molar-refractivity contribution in [3.8, 4) is 0 Å². The van der Waals surface area contributed by atoms with E-state index in [-0.39, 0.29) is 6.04 Å². The Hall–Kier alpha value is -1.26. The molecule has 3 nitrogen and oxygen atoms in total. The van der Waals surface area contributed by atoms with Gasteiger partial charge in [0.05, 0.1) is 6.04 Å². The summed E-state index contributed by atoms with van der Waals surface area (Å²) in [5, 5.41) is 3.30. The lowest BCUT2D eigenvalue weighted by atomic mass is 9.97. The molecule has 1 aromatic carbocycles. The summed E-state index contributed by atoms with van der Waals surface area (Å²) in [5.74, 6) is 0. The highest BCUT2D eigenvalue weighted by molar-refractivity contribution is 9.10. The van der Waals surface area contributed by atoms with Crippen LogP contribution in [0.2, 0.25) is 0 Å². The van der Waals surface area contributed by atoms with Crippen LogP contribution in [0.4, 0.5) is 0 Å². The number of halogens is 1. The van der Waals surface area contributed by atoms with Crippen molar-refractivity contribution in [1.82, 2.24) is 15.3 Å². The average Bonchev–Trinajstić information content (AvgIpc) is 2.37. The fraction of sp³-hybridized carbons (Fsp3) is 0.231. The van der Waals surface area contributed by atoms with Crippen LogP contribution < -0.4 is 5.32 Å². The number of hydrogen-bond acceptors (Lipinski definition) is 3. The largest absolute Gasteiger partial charge is 0.309 e. The SMILES string of the molecule is CNC(c1cncnc1)c1cccc(Br)c1C. The van der Waals surface area contributed by atoms with Gasteiger partial charge in [-0.1, -0.05) is 28.1 Å². The van der Waals surface area contributed by atoms with Crippen LogP contribution in [0, 0.1) is 6.92 Å². The van der Waals surface area contributed by atoms with Gasteiger partial charge in [0.25, 0.3) is 0 Å². The van der Waals surface area contributed by atoms with Crippen LogP contribution in [0.25, 0.3) is 0 Å². The van der Waals surface area contributed by atoms with Crippen LogP contribution in [0.1, 0.15) is 22.7 Å². The highest BCUT2D eigenvalue weighted by atomic mass is 79.9. The highest BCUT2D eigenvalue weighted by Crippen LogP contribution is 2.27. The number of nitrogens with one attached hydrogen (secondary N) is 1. The summed E-state index contributed by atoms with van der Waals surface area (Å²) in [5.41, 5.74) is 3.53. The summed E-state index contributed by atoms with van der Waals surface area (Å²) in [6, 6.07) is 6.33. The van der Waals surface area contributed by atoms with Gasteiger partial charge in [-0.05, 0) is 31.2 Å². The summed E-state index contributed by atoms with van der Waals surface area (Å²) in [6.45, 7) is 2.10. The molecule has 17 heavy (non-hydrogen) atoms. The monoisotopic (exact) mass is 291 g/mol. The fourth-order valence-electron chi connectivity index (χ4n) is 1.90. The van der Waals surface area contributed by atoms with E-state index in [2.05, 4.69) is 44.2 Å². The molecule has 4 heteroatoms. The third-order valence-electron chi connectivity index (χ3n) is 2.82. The van der Waals surface area contributed by atoms with Crippen molar-refractivity contribution < 1.29 is 0 Å². The zero-order chi connectivity index (χ0) is 12.3. The van der Waals surface area contributed by atoms with Crippen molar-refractivity contribution in [2.45, 2.75) is 13.0 Å². The van der Waals surface area contributed by atoms with Crippen molar-refractivity contribution >= 4 is 15.9 Å². The maximum Gasteiger partial charge on any atom is 0.115 e. The summed E-state index contributed by atoms with van der Waals surface area (Å²) in [6.07, 6.45) is 5.23.